The van der Waals surface area contributed by atoms with Gasteiger partial charge in [-0.25, -0.2) is 19.5 Å². The van der Waals surface area contributed by atoms with Crippen molar-refractivity contribution >= 4 is 38.9 Å². The third kappa shape index (κ3) is 4.89. The molecule has 1 aromatic carbocycles. The summed E-state index contributed by atoms with van der Waals surface area (Å²) in [7, 11) is 1.84. The van der Waals surface area contributed by atoms with Crippen LogP contribution in [0.1, 0.15) is 41.0 Å². The predicted molar refractivity (Wildman–Crippen MR) is 147 cm³/mol. The Balaban J connectivity index is 1.58. The Morgan fingerprint density at radius 3 is 2.70 bits per heavy atom. The molecule has 0 bridgehead atoms. The minimum absolute atomic E-state index is 0.0489. The molecule has 3 aromatic heterocycles. The lowest BCUT2D eigenvalue weighted by Gasteiger charge is -2.34. The Hall–Kier alpha value is -4.00. The molecular weight excluding hydrogens is 591 g/mol. The van der Waals surface area contributed by atoms with Gasteiger partial charge in [0.25, 0.3) is 11.5 Å². The van der Waals surface area contributed by atoms with E-state index in [0.717, 1.165) is 11.6 Å². The summed E-state index contributed by atoms with van der Waals surface area (Å²) in [6.45, 7) is 7.31. The van der Waals surface area contributed by atoms with Crippen LogP contribution in [0.3, 0.4) is 0 Å². The summed E-state index contributed by atoms with van der Waals surface area (Å²) in [5.41, 5.74) is 0.624. The fraction of sp³-hybridized carbons (Fsp3) is 0.296. The van der Waals surface area contributed by atoms with Crippen LogP contribution in [0.2, 0.25) is 0 Å². The number of fused-ring (bicyclic) bond motifs is 2. The van der Waals surface area contributed by atoms with Crippen molar-refractivity contribution in [2.45, 2.75) is 45.1 Å². The molecule has 13 heteroatoms. The van der Waals surface area contributed by atoms with Gasteiger partial charge in [0, 0.05) is 34.7 Å². The SMILES string of the molecule is C=CC(C)Nc1nc2c(c(=O)n1-c1ccc3c(ncn3C)n1)CC(C)N(C(=O)c1ccc(Br)c(C(F)(F)F)c1)C2. The van der Waals surface area contributed by atoms with E-state index in [1.54, 1.807) is 25.4 Å². The molecule has 1 aliphatic heterocycles. The molecule has 40 heavy (non-hydrogen) atoms. The number of aromatic nitrogens is 5. The third-order valence-corrected chi connectivity index (χ3v) is 7.60. The standard InChI is InChI=1S/C27H25BrF3N7O2/c1-5-14(2)33-26-34-20-12-37(24(39)16-6-7-19(28)18(11-16)27(29,30)31)15(3)10-17(20)25(40)38(26)22-9-8-21-23(35-22)32-13-36(21)4/h5-9,11,13-15H,1,10,12H2,2-4H3,(H,33,34). The van der Waals surface area contributed by atoms with Crippen molar-refractivity contribution < 1.29 is 18.0 Å². The van der Waals surface area contributed by atoms with Crippen molar-refractivity contribution in [2.24, 2.45) is 7.05 Å². The number of amides is 1. The summed E-state index contributed by atoms with van der Waals surface area (Å²) in [4.78, 5) is 42.3. The first-order valence-electron chi connectivity index (χ1n) is 12.4. The molecule has 1 aliphatic rings. The summed E-state index contributed by atoms with van der Waals surface area (Å²) >= 11 is 2.91. The minimum atomic E-state index is -4.63. The Labute approximate surface area is 235 Å². The average molecular weight is 616 g/mol. The summed E-state index contributed by atoms with van der Waals surface area (Å²) in [6, 6.07) is 6.16. The van der Waals surface area contributed by atoms with Gasteiger partial charge in [-0.2, -0.15) is 13.2 Å². The van der Waals surface area contributed by atoms with Crippen LogP contribution in [0.15, 0.2) is 58.6 Å². The topological polar surface area (TPSA) is 97.9 Å². The van der Waals surface area contributed by atoms with Gasteiger partial charge in [0.2, 0.25) is 5.95 Å². The molecule has 2 atom stereocenters. The molecule has 208 valence electrons. The maximum Gasteiger partial charge on any atom is 0.417 e. The van der Waals surface area contributed by atoms with Crippen molar-refractivity contribution in [3.63, 3.8) is 0 Å². The molecule has 0 saturated heterocycles. The Morgan fingerprint density at radius 2 is 2.00 bits per heavy atom. The number of hydrogen-bond donors (Lipinski definition) is 1. The summed E-state index contributed by atoms with van der Waals surface area (Å²) in [5.74, 6) is -0.0618. The fourth-order valence-corrected chi connectivity index (χ4v) is 5.14. The van der Waals surface area contributed by atoms with Crippen molar-refractivity contribution in [1.29, 1.82) is 0 Å². The number of rotatable bonds is 5. The third-order valence-electron chi connectivity index (χ3n) is 6.91. The molecule has 4 heterocycles. The second-order valence-electron chi connectivity index (χ2n) is 9.72. The lowest BCUT2D eigenvalue weighted by atomic mass is 9.98. The monoisotopic (exact) mass is 615 g/mol. The van der Waals surface area contributed by atoms with E-state index in [-0.39, 0.29) is 40.6 Å². The van der Waals surface area contributed by atoms with Crippen LogP contribution >= 0.6 is 15.9 Å². The van der Waals surface area contributed by atoms with Crippen molar-refractivity contribution in [3.05, 3.63) is 86.5 Å². The molecule has 0 radical (unpaired) electrons. The molecule has 5 rings (SSSR count). The predicted octanol–water partition coefficient (Wildman–Crippen LogP) is 4.87. The number of halogens is 4. The first kappa shape index (κ1) is 27.6. The van der Waals surface area contributed by atoms with Gasteiger partial charge in [-0.1, -0.05) is 22.0 Å². The van der Waals surface area contributed by atoms with Crippen LogP contribution in [0, 0.1) is 0 Å². The molecule has 2 unspecified atom stereocenters. The normalized spacial score (nSPS) is 16.1. The van der Waals surface area contributed by atoms with E-state index in [0.29, 0.717) is 22.7 Å². The summed E-state index contributed by atoms with van der Waals surface area (Å²) in [6.07, 6.45) is -1.19. The van der Waals surface area contributed by atoms with Gasteiger partial charge < -0.3 is 14.8 Å². The number of carbonyl (C=O) groups excluding carboxylic acids is 1. The van der Waals surface area contributed by atoms with E-state index in [9.17, 15) is 22.8 Å². The molecule has 0 saturated carbocycles. The Bertz CT molecular complexity index is 1710. The smallest absolute Gasteiger partial charge is 0.349 e. The molecule has 0 aliphatic carbocycles. The molecule has 1 N–H and O–H groups in total. The number of nitrogens with zero attached hydrogens (tertiary/aromatic N) is 6. The number of aryl methyl sites for hydroxylation is 1. The average Bonchev–Trinajstić information content (AvgIpc) is 3.28. The number of benzene rings is 1. The first-order valence-corrected chi connectivity index (χ1v) is 13.2. The zero-order valence-electron chi connectivity index (χ0n) is 21.8. The highest BCUT2D eigenvalue weighted by molar-refractivity contribution is 9.10. The van der Waals surface area contributed by atoms with Gasteiger partial charge in [-0.3, -0.25) is 9.59 Å². The van der Waals surface area contributed by atoms with E-state index in [2.05, 4.69) is 37.8 Å². The van der Waals surface area contributed by atoms with Gasteiger partial charge in [-0.05, 0) is 50.6 Å². The van der Waals surface area contributed by atoms with Crippen LogP contribution in [0.25, 0.3) is 17.0 Å². The largest absolute Gasteiger partial charge is 0.417 e. The van der Waals surface area contributed by atoms with Crippen molar-refractivity contribution in [3.8, 4) is 5.82 Å². The van der Waals surface area contributed by atoms with E-state index < -0.39 is 23.7 Å². The lowest BCUT2D eigenvalue weighted by Crippen LogP contribution is -2.46. The van der Waals surface area contributed by atoms with Crippen LogP contribution in [-0.4, -0.2) is 47.0 Å². The fourth-order valence-electron chi connectivity index (χ4n) is 4.67. The number of anilines is 1. The first-order chi connectivity index (χ1) is 18.9. The summed E-state index contributed by atoms with van der Waals surface area (Å²) in [5, 5.41) is 3.15. The summed E-state index contributed by atoms with van der Waals surface area (Å²) < 4.78 is 43.4. The van der Waals surface area contributed by atoms with Gasteiger partial charge in [0.15, 0.2) is 5.65 Å². The van der Waals surface area contributed by atoms with Gasteiger partial charge in [0.05, 0.1) is 29.6 Å². The molecule has 0 spiro atoms. The quantitative estimate of drug-likeness (QED) is 0.322. The highest BCUT2D eigenvalue weighted by Gasteiger charge is 2.36. The molecular formula is C27H25BrF3N7O2. The van der Waals surface area contributed by atoms with Crippen LogP contribution in [0.5, 0.6) is 0 Å². The van der Waals surface area contributed by atoms with E-state index in [1.165, 1.54) is 21.6 Å². The number of hydrogen-bond acceptors (Lipinski definition) is 6. The van der Waals surface area contributed by atoms with Crippen LogP contribution in [-0.2, 0) is 26.2 Å². The second kappa shape index (κ2) is 10.2. The van der Waals surface area contributed by atoms with Gasteiger partial charge in [0.1, 0.15) is 5.82 Å². The number of nitrogens with one attached hydrogen (secondary N) is 1. The Morgan fingerprint density at radius 1 is 1.25 bits per heavy atom. The molecule has 0 fully saturated rings. The molecule has 9 nitrogen and oxygen atoms in total. The van der Waals surface area contributed by atoms with Crippen molar-refractivity contribution in [1.82, 2.24) is 29.0 Å². The van der Waals surface area contributed by atoms with Gasteiger partial charge in [-0.15, -0.1) is 6.58 Å². The number of carbonyl (C=O) groups is 1. The number of pyridine rings is 1. The molecule has 1 amide bonds. The van der Waals surface area contributed by atoms with Gasteiger partial charge >= 0.3 is 6.18 Å². The number of alkyl halides is 3. The van der Waals surface area contributed by atoms with Crippen LogP contribution in [0.4, 0.5) is 19.1 Å². The molecule has 4 aromatic rings. The lowest BCUT2D eigenvalue weighted by molar-refractivity contribution is -0.138. The van der Waals surface area contributed by atoms with Crippen LogP contribution < -0.4 is 10.9 Å². The Kier molecular flexibility index (Phi) is 7.02. The maximum atomic E-state index is 13.9. The van der Waals surface area contributed by atoms with E-state index in [4.69, 9.17) is 4.98 Å². The van der Waals surface area contributed by atoms with E-state index in [1.807, 2.05) is 24.6 Å². The minimum Gasteiger partial charge on any atom is -0.349 e. The maximum absolute atomic E-state index is 13.9. The zero-order chi connectivity index (χ0) is 28.9. The highest BCUT2D eigenvalue weighted by Crippen LogP contribution is 2.36. The second-order valence-corrected chi connectivity index (χ2v) is 10.6. The highest BCUT2D eigenvalue weighted by atomic mass is 79.9. The van der Waals surface area contributed by atoms with E-state index >= 15 is 0 Å². The number of imidazole rings is 1. The zero-order valence-corrected chi connectivity index (χ0v) is 23.4. The van der Waals surface area contributed by atoms with Crippen molar-refractivity contribution in [2.75, 3.05) is 5.32 Å².